The lowest BCUT2D eigenvalue weighted by Gasteiger charge is -2.35. The van der Waals surface area contributed by atoms with Crippen molar-refractivity contribution >= 4 is 28.5 Å². The number of aromatic amines is 1. The smallest absolute Gasteiger partial charge is 0.290 e. The van der Waals surface area contributed by atoms with E-state index in [9.17, 15) is 4.79 Å². The fourth-order valence-corrected chi connectivity index (χ4v) is 3.84. The fraction of sp³-hybridized carbons (Fsp3) is 0.368. The van der Waals surface area contributed by atoms with Gasteiger partial charge in [-0.2, -0.15) is 5.10 Å². The number of ether oxygens (including phenoxy) is 1. The van der Waals surface area contributed by atoms with Crippen LogP contribution in [-0.2, 0) is 4.74 Å². The van der Waals surface area contributed by atoms with Crippen molar-refractivity contribution in [1.82, 2.24) is 15.1 Å². The number of fused-ring (bicyclic) bond motifs is 1. The van der Waals surface area contributed by atoms with E-state index in [0.29, 0.717) is 36.1 Å². The summed E-state index contributed by atoms with van der Waals surface area (Å²) in [4.78, 5) is 15.1. The first-order valence-electron chi connectivity index (χ1n) is 8.56. The van der Waals surface area contributed by atoms with E-state index in [0.717, 1.165) is 27.9 Å². The first kappa shape index (κ1) is 17.1. The van der Waals surface area contributed by atoms with Crippen molar-refractivity contribution in [1.29, 1.82) is 0 Å². The number of aryl methyl sites for hydroxylation is 3. The molecule has 0 saturated carbocycles. The minimum absolute atomic E-state index is 0.136. The van der Waals surface area contributed by atoms with E-state index in [-0.39, 0.29) is 11.9 Å². The number of carbonyl (C=O) groups excluding carboxylic acids is 1. The van der Waals surface area contributed by atoms with E-state index in [1.807, 2.05) is 31.7 Å². The molecule has 26 heavy (non-hydrogen) atoms. The Labute approximate surface area is 156 Å². The van der Waals surface area contributed by atoms with Gasteiger partial charge in [-0.3, -0.25) is 9.89 Å². The highest BCUT2D eigenvalue weighted by Crippen LogP contribution is 2.33. The maximum absolute atomic E-state index is 13.3. The predicted molar refractivity (Wildman–Crippen MR) is 98.6 cm³/mol. The summed E-state index contributed by atoms with van der Waals surface area (Å²) in [6, 6.07) is 5.19. The number of H-pyrrole nitrogens is 1. The molecule has 7 heteroatoms. The minimum Gasteiger partial charge on any atom is -0.451 e. The molecule has 2 aromatic heterocycles. The fourth-order valence-electron chi connectivity index (χ4n) is 3.66. The highest BCUT2D eigenvalue weighted by atomic mass is 35.5. The van der Waals surface area contributed by atoms with E-state index in [2.05, 4.69) is 10.2 Å². The molecule has 6 nitrogen and oxygen atoms in total. The Morgan fingerprint density at radius 1 is 1.35 bits per heavy atom. The Bertz CT molecular complexity index is 972. The predicted octanol–water partition coefficient (Wildman–Crippen LogP) is 3.95. The molecule has 1 saturated heterocycles. The Hall–Kier alpha value is -2.31. The maximum atomic E-state index is 13.3. The second-order valence-corrected chi connectivity index (χ2v) is 7.07. The van der Waals surface area contributed by atoms with Crippen molar-refractivity contribution in [3.8, 4) is 0 Å². The zero-order valence-electron chi connectivity index (χ0n) is 14.9. The van der Waals surface area contributed by atoms with Gasteiger partial charge in [-0.15, -0.1) is 0 Å². The van der Waals surface area contributed by atoms with Crippen molar-refractivity contribution in [2.45, 2.75) is 26.8 Å². The molecule has 0 aliphatic carbocycles. The number of halogens is 1. The summed E-state index contributed by atoms with van der Waals surface area (Å²) in [5.41, 5.74) is 4.30. The van der Waals surface area contributed by atoms with Crippen molar-refractivity contribution in [3.05, 3.63) is 51.5 Å². The molecule has 1 aliphatic heterocycles. The number of nitrogens with one attached hydrogen (secondary N) is 1. The lowest BCUT2D eigenvalue weighted by molar-refractivity contribution is -0.00452. The van der Waals surface area contributed by atoms with Gasteiger partial charge >= 0.3 is 0 Å². The molecule has 1 unspecified atom stereocenters. The van der Waals surface area contributed by atoms with Gasteiger partial charge in [-0.25, -0.2) is 0 Å². The van der Waals surface area contributed by atoms with Crippen LogP contribution in [0.15, 0.2) is 22.6 Å². The van der Waals surface area contributed by atoms with Crippen LogP contribution in [0.2, 0.25) is 5.02 Å². The van der Waals surface area contributed by atoms with Crippen molar-refractivity contribution < 1.29 is 13.9 Å². The summed E-state index contributed by atoms with van der Waals surface area (Å²) < 4.78 is 11.5. The van der Waals surface area contributed by atoms with Gasteiger partial charge < -0.3 is 14.1 Å². The zero-order chi connectivity index (χ0) is 18.4. The lowest BCUT2D eigenvalue weighted by Crippen LogP contribution is -2.43. The van der Waals surface area contributed by atoms with Crippen molar-refractivity contribution in [2.75, 3.05) is 19.8 Å². The van der Waals surface area contributed by atoms with Gasteiger partial charge in [-0.1, -0.05) is 11.6 Å². The monoisotopic (exact) mass is 373 g/mol. The van der Waals surface area contributed by atoms with Crippen LogP contribution in [0.3, 0.4) is 0 Å². The van der Waals surface area contributed by atoms with Gasteiger partial charge in [0, 0.05) is 33.8 Å². The highest BCUT2D eigenvalue weighted by molar-refractivity contribution is 6.31. The minimum atomic E-state index is -0.189. The molecule has 1 fully saturated rings. The molecule has 1 aromatic carbocycles. The number of rotatable bonds is 2. The molecule has 3 heterocycles. The Morgan fingerprint density at radius 2 is 2.15 bits per heavy atom. The topological polar surface area (TPSA) is 71.4 Å². The third-order valence-corrected chi connectivity index (χ3v) is 5.24. The first-order chi connectivity index (χ1) is 12.5. The molecule has 0 spiro atoms. The van der Waals surface area contributed by atoms with Crippen molar-refractivity contribution in [2.24, 2.45) is 0 Å². The molecule has 3 aromatic rings. The molecule has 0 radical (unpaired) electrons. The van der Waals surface area contributed by atoms with Crippen LogP contribution in [0.25, 0.3) is 11.0 Å². The molecule has 4 rings (SSSR count). The number of amides is 1. The number of furan rings is 1. The average Bonchev–Trinajstić information content (AvgIpc) is 3.14. The second-order valence-electron chi connectivity index (χ2n) is 6.63. The number of nitrogens with zero attached hydrogens (tertiary/aromatic N) is 2. The van der Waals surface area contributed by atoms with E-state index in [1.165, 1.54) is 0 Å². The molecular formula is C19H20ClN3O3. The molecule has 1 amide bonds. The van der Waals surface area contributed by atoms with Crippen LogP contribution in [0, 0.1) is 20.8 Å². The van der Waals surface area contributed by atoms with Crippen molar-refractivity contribution in [3.63, 3.8) is 0 Å². The average molecular weight is 374 g/mol. The Kier molecular flexibility index (Phi) is 4.25. The maximum Gasteiger partial charge on any atom is 0.290 e. The van der Waals surface area contributed by atoms with E-state index in [1.54, 1.807) is 12.1 Å². The SMILES string of the molecule is Cc1n[nH]c(C)c1C1COCCN1C(=O)c1oc2ccc(Cl)cc2c1C. The van der Waals surface area contributed by atoms with Gasteiger partial charge in [0.05, 0.1) is 24.9 Å². The van der Waals surface area contributed by atoms with E-state index >= 15 is 0 Å². The number of carbonyl (C=O) groups is 1. The summed E-state index contributed by atoms with van der Waals surface area (Å²) in [5.74, 6) is 0.219. The number of hydrogen-bond acceptors (Lipinski definition) is 4. The number of benzene rings is 1. The molecule has 1 atom stereocenters. The van der Waals surface area contributed by atoms with Crippen LogP contribution >= 0.6 is 11.6 Å². The highest BCUT2D eigenvalue weighted by Gasteiger charge is 2.34. The summed E-state index contributed by atoms with van der Waals surface area (Å²) >= 11 is 6.09. The lowest BCUT2D eigenvalue weighted by atomic mass is 10.0. The number of hydrogen-bond donors (Lipinski definition) is 1. The van der Waals surface area contributed by atoms with Gasteiger partial charge in [0.1, 0.15) is 5.58 Å². The number of aromatic nitrogens is 2. The number of morpholine rings is 1. The second kappa shape index (κ2) is 6.45. The van der Waals surface area contributed by atoms with Gasteiger partial charge in [0.2, 0.25) is 0 Å². The standard InChI is InChI=1S/C19H20ClN3O3/c1-10-14-8-13(20)4-5-16(14)26-18(10)19(24)23-6-7-25-9-15(23)17-11(2)21-22-12(17)3/h4-5,8,15H,6-7,9H2,1-3H3,(H,21,22). The third kappa shape index (κ3) is 2.70. The molecule has 1 aliphatic rings. The Balaban J connectivity index is 1.75. The third-order valence-electron chi connectivity index (χ3n) is 5.00. The quantitative estimate of drug-likeness (QED) is 0.738. The molecule has 1 N–H and O–H groups in total. The van der Waals surface area contributed by atoms with Crippen LogP contribution < -0.4 is 0 Å². The van der Waals surface area contributed by atoms with Crippen LogP contribution in [0.4, 0.5) is 0 Å². The van der Waals surface area contributed by atoms with Gasteiger partial charge in [0.25, 0.3) is 5.91 Å². The Morgan fingerprint density at radius 3 is 2.88 bits per heavy atom. The first-order valence-corrected chi connectivity index (χ1v) is 8.94. The van der Waals surface area contributed by atoms with Crippen LogP contribution in [0.5, 0.6) is 0 Å². The molecule has 0 bridgehead atoms. The van der Waals surface area contributed by atoms with Gasteiger partial charge in [-0.05, 0) is 39.0 Å². The summed E-state index contributed by atoms with van der Waals surface area (Å²) in [6.07, 6.45) is 0. The normalized spacial score (nSPS) is 17.8. The largest absolute Gasteiger partial charge is 0.451 e. The summed E-state index contributed by atoms with van der Waals surface area (Å²) in [6.45, 7) is 7.23. The molecule has 136 valence electrons. The van der Waals surface area contributed by atoms with E-state index < -0.39 is 0 Å². The van der Waals surface area contributed by atoms with E-state index in [4.69, 9.17) is 20.8 Å². The summed E-state index contributed by atoms with van der Waals surface area (Å²) in [7, 11) is 0. The van der Waals surface area contributed by atoms with Gasteiger partial charge in [0.15, 0.2) is 5.76 Å². The van der Waals surface area contributed by atoms with Crippen LogP contribution in [0.1, 0.15) is 39.1 Å². The molecular weight excluding hydrogens is 354 g/mol. The van der Waals surface area contributed by atoms with Crippen LogP contribution in [-0.4, -0.2) is 40.8 Å². The zero-order valence-corrected chi connectivity index (χ0v) is 15.7. The summed E-state index contributed by atoms with van der Waals surface area (Å²) in [5, 5.41) is 8.74.